The molecule has 0 bridgehead atoms. The molecule has 31 heavy (non-hydrogen) atoms. The molecule has 0 saturated carbocycles. The number of likely N-dealkylation sites (N-methyl/N-ethyl adjacent to an activating group) is 2. The van der Waals surface area contributed by atoms with Crippen molar-refractivity contribution in [2.75, 3.05) is 33.8 Å². The summed E-state index contributed by atoms with van der Waals surface area (Å²) in [5.74, 6) is 0.854. The first-order valence-electron chi connectivity index (χ1n) is 10.4. The van der Waals surface area contributed by atoms with Crippen molar-refractivity contribution in [1.29, 1.82) is 0 Å². The molecule has 1 fully saturated rings. The molecule has 0 atom stereocenters. The van der Waals surface area contributed by atoms with Gasteiger partial charge in [0, 0.05) is 13.1 Å². The van der Waals surface area contributed by atoms with Gasteiger partial charge >= 0.3 is 7.75 Å². The summed E-state index contributed by atoms with van der Waals surface area (Å²) in [5.41, 5.74) is 0. The van der Waals surface area contributed by atoms with Gasteiger partial charge in [-0.2, -0.15) is 0 Å². The maximum atomic E-state index is 14.0. The number of benzene rings is 2. The van der Waals surface area contributed by atoms with E-state index in [1.165, 1.54) is 0 Å². The highest BCUT2D eigenvalue weighted by Gasteiger charge is 2.43. The van der Waals surface area contributed by atoms with E-state index in [0.29, 0.717) is 18.1 Å². The molecule has 1 saturated heterocycles. The molecule has 7 nitrogen and oxygen atoms in total. The normalized spacial score (nSPS) is 17.1. The average Bonchev–Trinajstić information content (AvgIpc) is 3.03. The van der Waals surface area contributed by atoms with Crippen LogP contribution in [-0.2, 0) is 9.09 Å². The zero-order chi connectivity index (χ0) is 22.2. The molecule has 0 N–H and O–H groups in total. The van der Waals surface area contributed by atoms with Crippen molar-refractivity contribution >= 4 is 15.3 Å². The van der Waals surface area contributed by atoms with Gasteiger partial charge in [0.05, 0.1) is 6.61 Å². The molecule has 0 spiro atoms. The molecule has 1 aliphatic heterocycles. The van der Waals surface area contributed by atoms with Gasteiger partial charge in [0.25, 0.3) is 0 Å². The van der Waals surface area contributed by atoms with Crippen LogP contribution in [0.3, 0.4) is 0 Å². The van der Waals surface area contributed by atoms with Gasteiger partial charge in [0.1, 0.15) is 11.5 Å². The molecule has 2 aromatic carbocycles. The van der Waals surface area contributed by atoms with E-state index in [1.54, 1.807) is 24.3 Å². The van der Waals surface area contributed by atoms with E-state index < -0.39 is 15.3 Å². The van der Waals surface area contributed by atoms with Crippen LogP contribution in [0.1, 0.15) is 19.8 Å². The zero-order valence-electron chi connectivity index (χ0n) is 18.3. The Bertz CT molecular complexity index is 894. The second kappa shape index (κ2) is 11.1. The van der Waals surface area contributed by atoms with Crippen LogP contribution in [0.4, 0.5) is 0 Å². The third-order valence-corrected chi connectivity index (χ3v) is 10.1. The Morgan fingerprint density at radius 3 is 1.94 bits per heavy atom. The Balaban J connectivity index is 2.00. The van der Waals surface area contributed by atoms with Crippen LogP contribution in [-0.4, -0.2) is 43.1 Å². The van der Waals surface area contributed by atoms with Crippen molar-refractivity contribution in [2.45, 2.75) is 19.8 Å². The van der Waals surface area contributed by atoms with Crippen LogP contribution in [0.15, 0.2) is 77.3 Å². The Hall–Kier alpha value is -1.88. The number of nitrogens with zero attached hydrogens (tertiary/aromatic N) is 3. The van der Waals surface area contributed by atoms with Gasteiger partial charge in [-0.15, -0.1) is 4.52 Å². The van der Waals surface area contributed by atoms with Gasteiger partial charge in [-0.05, 0) is 44.8 Å². The fraction of sp³-hybridized carbons (Fsp3) is 0.364. The minimum absolute atomic E-state index is 0.378. The Morgan fingerprint density at radius 2 is 1.45 bits per heavy atom. The summed E-state index contributed by atoms with van der Waals surface area (Å²) >= 11 is 0. The molecule has 9 heteroatoms. The highest BCUT2D eigenvalue weighted by molar-refractivity contribution is 7.67. The Morgan fingerprint density at radius 1 is 0.935 bits per heavy atom. The molecular weight excluding hydrogens is 432 g/mol. The van der Waals surface area contributed by atoms with E-state index in [2.05, 4.69) is 13.0 Å². The molecule has 168 valence electrons. The lowest BCUT2D eigenvalue weighted by molar-refractivity contribution is 0.336. The fourth-order valence-corrected chi connectivity index (χ4v) is 8.54. The van der Waals surface area contributed by atoms with Crippen molar-refractivity contribution in [1.82, 2.24) is 9.34 Å². The second-order valence-electron chi connectivity index (χ2n) is 7.20. The van der Waals surface area contributed by atoms with Crippen LogP contribution in [0.2, 0.25) is 0 Å². The molecule has 0 aromatic heterocycles. The van der Waals surface area contributed by atoms with Crippen molar-refractivity contribution in [3.8, 4) is 11.5 Å². The van der Waals surface area contributed by atoms with Gasteiger partial charge in [-0.25, -0.2) is 13.9 Å². The van der Waals surface area contributed by atoms with Gasteiger partial charge in [-0.1, -0.05) is 61.9 Å². The number of unbranched alkanes of at least 4 members (excludes halogenated alkanes) is 1. The van der Waals surface area contributed by atoms with E-state index in [4.69, 9.17) is 18.1 Å². The first kappa shape index (κ1) is 23.8. The summed E-state index contributed by atoms with van der Waals surface area (Å²) < 4.78 is 40.8. The predicted octanol–water partition coefficient (Wildman–Crippen LogP) is 6.45. The molecule has 2 aromatic rings. The molecule has 3 rings (SSSR count). The molecule has 0 radical (unpaired) electrons. The lowest BCUT2D eigenvalue weighted by Crippen LogP contribution is -2.17. The van der Waals surface area contributed by atoms with Gasteiger partial charge < -0.3 is 13.6 Å². The maximum absolute atomic E-state index is 14.0. The van der Waals surface area contributed by atoms with Crippen LogP contribution in [0.25, 0.3) is 0 Å². The minimum Gasteiger partial charge on any atom is -0.399 e. The van der Waals surface area contributed by atoms with Crippen LogP contribution in [0, 0.1) is 0 Å². The highest BCUT2D eigenvalue weighted by atomic mass is 31.2. The largest absolute Gasteiger partial charge is 0.566 e. The third kappa shape index (κ3) is 6.31. The summed E-state index contributed by atoms with van der Waals surface area (Å²) in [4.78, 5) is 0. The maximum Gasteiger partial charge on any atom is 0.566 e. The van der Waals surface area contributed by atoms with Crippen molar-refractivity contribution < 1.29 is 18.1 Å². The van der Waals surface area contributed by atoms with Gasteiger partial charge in [0.2, 0.25) is 7.58 Å². The fourth-order valence-electron chi connectivity index (χ4n) is 3.09. The second-order valence-corrected chi connectivity index (χ2v) is 11.9. The van der Waals surface area contributed by atoms with Crippen LogP contribution in [0.5, 0.6) is 11.5 Å². The quantitative estimate of drug-likeness (QED) is 0.298. The topological polar surface area (TPSA) is 63.6 Å². The molecule has 0 amide bonds. The molecule has 0 aliphatic carbocycles. The summed E-state index contributed by atoms with van der Waals surface area (Å²) in [6.07, 6.45) is 6.14. The number of hydrogen-bond donors (Lipinski definition) is 0. The van der Waals surface area contributed by atoms with E-state index in [1.807, 2.05) is 65.9 Å². The molecular formula is C22H31N3O4P2. The van der Waals surface area contributed by atoms with Crippen molar-refractivity contribution in [3.63, 3.8) is 0 Å². The number of rotatable bonds is 10. The molecule has 1 aliphatic rings. The summed E-state index contributed by atoms with van der Waals surface area (Å²) in [7, 11) is -2.84. The zero-order valence-corrected chi connectivity index (χ0v) is 20.1. The number of para-hydroxylation sites is 2. The van der Waals surface area contributed by atoms with Crippen molar-refractivity contribution in [2.24, 2.45) is 4.52 Å². The summed E-state index contributed by atoms with van der Waals surface area (Å²) in [6.45, 7) is 4.01. The van der Waals surface area contributed by atoms with E-state index in [-0.39, 0.29) is 0 Å². The lowest BCUT2D eigenvalue weighted by Gasteiger charge is -2.31. The van der Waals surface area contributed by atoms with Gasteiger partial charge in [-0.3, -0.25) is 0 Å². The standard InChI is InChI=1S/C22H31N3O4P2/c1-4-5-6-13-20-27-30(24(2)18-19-25(30)3)23-31(26,28-21-14-9-7-10-15-21)29-22-16-11-8-12-17-22/h6-17H,4-5,18-20H2,1-3H3/b13-6-. The SMILES string of the molecule is CCC/C=C\COP1(=NP(=O)(Oc2ccccc2)Oc2ccccc2)N(C)CCN1C. The van der Waals surface area contributed by atoms with Crippen LogP contribution < -0.4 is 9.05 Å². The third-order valence-electron chi connectivity index (χ3n) is 4.76. The van der Waals surface area contributed by atoms with Crippen LogP contribution >= 0.6 is 15.3 Å². The first-order valence-corrected chi connectivity index (χ1v) is 13.5. The predicted molar refractivity (Wildman–Crippen MR) is 126 cm³/mol. The summed E-state index contributed by atoms with van der Waals surface area (Å²) in [5, 5.41) is 0. The van der Waals surface area contributed by atoms with Crippen molar-refractivity contribution in [3.05, 3.63) is 72.8 Å². The molecule has 0 unspecified atom stereocenters. The summed E-state index contributed by atoms with van der Waals surface area (Å²) in [6, 6.07) is 17.9. The monoisotopic (exact) mass is 463 g/mol. The Labute approximate surface area is 185 Å². The minimum atomic E-state index is -3.97. The lowest BCUT2D eigenvalue weighted by atomic mass is 10.3. The van der Waals surface area contributed by atoms with E-state index >= 15 is 0 Å². The smallest absolute Gasteiger partial charge is 0.399 e. The number of allylic oxidation sites excluding steroid dienone is 1. The highest BCUT2D eigenvalue weighted by Crippen LogP contribution is 2.67. The van der Waals surface area contributed by atoms with E-state index in [0.717, 1.165) is 25.9 Å². The van der Waals surface area contributed by atoms with E-state index in [9.17, 15) is 4.57 Å². The number of hydrogen-bond acceptors (Lipinski definition) is 4. The Kier molecular flexibility index (Phi) is 8.53. The molecule has 1 heterocycles. The first-order chi connectivity index (χ1) is 15.0. The average molecular weight is 463 g/mol. The van der Waals surface area contributed by atoms with Gasteiger partial charge in [0.15, 0.2) is 0 Å².